The molecule has 3 aliphatic rings. The van der Waals surface area contributed by atoms with Crippen LogP contribution in [-0.4, -0.2) is 17.3 Å². The zero-order valence-corrected chi connectivity index (χ0v) is 20.6. The van der Waals surface area contributed by atoms with E-state index in [0.29, 0.717) is 17.5 Å². The first-order chi connectivity index (χ1) is 15.8. The molecule has 2 aromatic carbocycles. The molecule has 0 atom stereocenters. The second kappa shape index (κ2) is 8.50. The van der Waals surface area contributed by atoms with Crippen molar-refractivity contribution in [3.05, 3.63) is 57.9 Å². The molecular weight excluding hydrogens is 433 g/mol. The number of hydrogen-bond donors (Lipinski definition) is 1. The van der Waals surface area contributed by atoms with Gasteiger partial charge >= 0.3 is 5.97 Å². The molecule has 5 heteroatoms. The highest BCUT2D eigenvalue weighted by molar-refractivity contribution is 7.99. The van der Waals surface area contributed by atoms with Gasteiger partial charge in [0, 0.05) is 17.4 Å². The SMILES string of the molecule is CSN1Cc2cccc(F)c2-c2c(C)c(C3=CCCC4(CCC3)CC4)c(CC(=O)O)c(C)c21. The number of nitrogens with zero attached hydrogens (tertiary/aromatic N) is 1. The monoisotopic (exact) mass is 465 g/mol. The number of hydrogen-bond acceptors (Lipinski definition) is 3. The summed E-state index contributed by atoms with van der Waals surface area (Å²) in [6.45, 7) is 4.71. The van der Waals surface area contributed by atoms with Crippen molar-refractivity contribution in [1.82, 2.24) is 0 Å². The lowest BCUT2D eigenvalue weighted by Crippen LogP contribution is -2.23. The fourth-order valence-electron chi connectivity index (χ4n) is 6.18. The lowest BCUT2D eigenvalue weighted by molar-refractivity contribution is -0.136. The van der Waals surface area contributed by atoms with Gasteiger partial charge in [0.05, 0.1) is 18.7 Å². The zero-order chi connectivity index (χ0) is 23.3. The second-order valence-electron chi connectivity index (χ2n) is 10.0. The summed E-state index contributed by atoms with van der Waals surface area (Å²) in [5, 5.41) is 9.81. The first-order valence-corrected chi connectivity index (χ1v) is 13.2. The van der Waals surface area contributed by atoms with Gasteiger partial charge in [0.1, 0.15) is 5.82 Å². The molecule has 2 aliphatic carbocycles. The van der Waals surface area contributed by atoms with E-state index in [2.05, 4.69) is 17.3 Å². The molecule has 1 saturated carbocycles. The fraction of sp³-hybridized carbons (Fsp3) is 0.464. The van der Waals surface area contributed by atoms with Crippen molar-refractivity contribution in [3.8, 4) is 11.1 Å². The average molecular weight is 466 g/mol. The van der Waals surface area contributed by atoms with Gasteiger partial charge < -0.3 is 9.41 Å². The minimum absolute atomic E-state index is 0.0110. The number of anilines is 1. The standard InChI is InChI=1S/C28H32FNO2S/c1-17-21(15-23(31)32)24(19-8-5-11-28(13-14-28)12-6-9-19)18(2)25-26-20(7-4-10-22(26)29)16-30(33-3)27(17)25/h4,7-8,10H,5-6,9,11-16H2,1-3H3,(H,31,32). The van der Waals surface area contributed by atoms with E-state index in [0.717, 1.165) is 58.3 Å². The lowest BCUT2D eigenvalue weighted by Gasteiger charge is -2.36. The summed E-state index contributed by atoms with van der Waals surface area (Å²) < 4.78 is 17.4. The minimum Gasteiger partial charge on any atom is -0.481 e. The number of carboxylic acids is 1. The van der Waals surface area contributed by atoms with Crippen LogP contribution in [0.3, 0.4) is 0 Å². The Hall–Kier alpha value is -2.27. The van der Waals surface area contributed by atoms with Crippen LogP contribution in [-0.2, 0) is 17.8 Å². The van der Waals surface area contributed by atoms with Gasteiger partial charge in [-0.3, -0.25) is 4.79 Å². The molecule has 2 aromatic rings. The highest BCUT2D eigenvalue weighted by Crippen LogP contribution is 2.56. The van der Waals surface area contributed by atoms with E-state index in [-0.39, 0.29) is 12.2 Å². The van der Waals surface area contributed by atoms with E-state index in [1.54, 1.807) is 24.1 Å². The molecule has 0 aromatic heterocycles. The molecule has 33 heavy (non-hydrogen) atoms. The minimum atomic E-state index is -0.819. The largest absolute Gasteiger partial charge is 0.481 e. The number of halogens is 1. The number of benzene rings is 2. The quantitative estimate of drug-likeness (QED) is 0.476. The van der Waals surface area contributed by atoms with E-state index in [9.17, 15) is 9.90 Å². The van der Waals surface area contributed by atoms with Gasteiger partial charge in [0.25, 0.3) is 0 Å². The summed E-state index contributed by atoms with van der Waals surface area (Å²) in [7, 11) is 0. The molecule has 3 nitrogen and oxygen atoms in total. The molecule has 0 bridgehead atoms. The Morgan fingerprint density at radius 1 is 1.12 bits per heavy atom. The summed E-state index contributed by atoms with van der Waals surface area (Å²) in [6, 6.07) is 5.33. The van der Waals surface area contributed by atoms with Crippen LogP contribution in [0.15, 0.2) is 24.3 Å². The summed E-state index contributed by atoms with van der Waals surface area (Å²) in [5.74, 6) is -1.02. The summed E-state index contributed by atoms with van der Waals surface area (Å²) in [4.78, 5) is 12.0. The predicted molar refractivity (Wildman–Crippen MR) is 135 cm³/mol. The lowest BCUT2D eigenvalue weighted by atomic mass is 9.78. The molecule has 0 amide bonds. The number of aliphatic carboxylic acids is 1. The van der Waals surface area contributed by atoms with Crippen molar-refractivity contribution in [2.75, 3.05) is 10.6 Å². The first-order valence-electron chi connectivity index (χ1n) is 12.0. The van der Waals surface area contributed by atoms with Crippen molar-refractivity contribution in [3.63, 3.8) is 0 Å². The third kappa shape index (κ3) is 3.88. The average Bonchev–Trinajstić information content (AvgIpc) is 3.54. The Kier molecular flexibility index (Phi) is 5.80. The normalized spacial score (nSPS) is 18.8. The maximum absolute atomic E-state index is 15.3. The van der Waals surface area contributed by atoms with E-state index in [1.165, 1.54) is 31.3 Å². The Morgan fingerprint density at radius 2 is 1.91 bits per heavy atom. The molecule has 174 valence electrons. The van der Waals surface area contributed by atoms with Crippen LogP contribution in [0.2, 0.25) is 0 Å². The highest BCUT2D eigenvalue weighted by Gasteiger charge is 2.41. The zero-order valence-electron chi connectivity index (χ0n) is 19.8. The van der Waals surface area contributed by atoms with Crippen LogP contribution in [0.1, 0.15) is 72.8 Å². The van der Waals surface area contributed by atoms with Crippen molar-refractivity contribution >= 4 is 29.2 Å². The number of carboxylic acid groups (broad SMARTS) is 1. The van der Waals surface area contributed by atoms with Crippen molar-refractivity contribution < 1.29 is 14.3 Å². The molecule has 1 heterocycles. The number of rotatable bonds is 4. The Balaban J connectivity index is 1.76. The van der Waals surface area contributed by atoms with Crippen molar-refractivity contribution in [2.45, 2.75) is 71.8 Å². The van der Waals surface area contributed by atoms with Crippen LogP contribution in [0.4, 0.5) is 10.1 Å². The second-order valence-corrected chi connectivity index (χ2v) is 10.8. The van der Waals surface area contributed by atoms with Crippen LogP contribution in [0.5, 0.6) is 0 Å². The van der Waals surface area contributed by atoms with E-state index >= 15 is 4.39 Å². The van der Waals surface area contributed by atoms with Crippen LogP contribution in [0.25, 0.3) is 16.7 Å². The highest BCUT2D eigenvalue weighted by atomic mass is 32.2. The molecule has 0 radical (unpaired) electrons. The van der Waals surface area contributed by atoms with Gasteiger partial charge in [-0.15, -0.1) is 0 Å². The molecule has 0 saturated heterocycles. The number of carbonyl (C=O) groups is 1. The van der Waals surface area contributed by atoms with Gasteiger partial charge in [0.2, 0.25) is 0 Å². The van der Waals surface area contributed by atoms with E-state index in [4.69, 9.17) is 0 Å². The first kappa shape index (κ1) is 22.5. The maximum Gasteiger partial charge on any atom is 0.307 e. The van der Waals surface area contributed by atoms with Crippen LogP contribution >= 0.6 is 11.9 Å². The Bertz CT molecular complexity index is 1170. The van der Waals surface area contributed by atoms with Gasteiger partial charge in [-0.1, -0.05) is 30.2 Å². The molecule has 5 rings (SSSR count). The Morgan fingerprint density at radius 3 is 2.61 bits per heavy atom. The smallest absolute Gasteiger partial charge is 0.307 e. The predicted octanol–water partition coefficient (Wildman–Crippen LogP) is 7.46. The van der Waals surface area contributed by atoms with Crippen LogP contribution in [0, 0.1) is 25.1 Å². The van der Waals surface area contributed by atoms with Crippen molar-refractivity contribution in [1.29, 1.82) is 0 Å². The molecule has 1 fully saturated rings. The third-order valence-electron chi connectivity index (χ3n) is 8.05. The third-order valence-corrected chi connectivity index (χ3v) is 8.81. The molecule has 1 aliphatic heterocycles. The topological polar surface area (TPSA) is 40.5 Å². The van der Waals surface area contributed by atoms with E-state index < -0.39 is 5.97 Å². The Labute approximate surface area is 200 Å². The summed E-state index contributed by atoms with van der Waals surface area (Å²) in [6.07, 6.45) is 12.7. The number of fused-ring (bicyclic) bond motifs is 3. The van der Waals surface area contributed by atoms with Gasteiger partial charge in [0.15, 0.2) is 0 Å². The summed E-state index contributed by atoms with van der Waals surface area (Å²) in [5.41, 5.74) is 9.35. The van der Waals surface area contributed by atoms with Gasteiger partial charge in [-0.2, -0.15) is 0 Å². The molecule has 0 unspecified atom stereocenters. The molecule has 1 N–H and O–H groups in total. The summed E-state index contributed by atoms with van der Waals surface area (Å²) >= 11 is 1.61. The van der Waals surface area contributed by atoms with Gasteiger partial charge in [-0.25, -0.2) is 4.39 Å². The molecule has 1 spiro atoms. The molecular formula is C28H32FNO2S. The van der Waals surface area contributed by atoms with E-state index in [1.807, 2.05) is 19.2 Å². The van der Waals surface area contributed by atoms with Crippen LogP contribution < -0.4 is 4.31 Å². The number of allylic oxidation sites excluding steroid dienone is 2. The fourth-order valence-corrected chi connectivity index (χ4v) is 6.86. The van der Waals surface area contributed by atoms with Gasteiger partial charge in [-0.05, 0) is 104 Å². The maximum atomic E-state index is 15.3. The van der Waals surface area contributed by atoms with Crippen molar-refractivity contribution in [2.24, 2.45) is 5.41 Å².